The van der Waals surface area contributed by atoms with E-state index in [0.717, 1.165) is 43.5 Å². The van der Waals surface area contributed by atoms with Gasteiger partial charge in [-0.2, -0.15) is 0 Å². The maximum Gasteiger partial charge on any atom is 0.240 e. The van der Waals surface area contributed by atoms with Crippen molar-refractivity contribution < 1.29 is 8.42 Å². The maximum absolute atomic E-state index is 12.5. The Morgan fingerprint density at radius 1 is 1.06 bits per heavy atom. The highest BCUT2D eigenvalue weighted by Crippen LogP contribution is 2.20. The summed E-state index contributed by atoms with van der Waals surface area (Å²) in [5.74, 6) is -0.0129. The summed E-state index contributed by atoms with van der Waals surface area (Å²) in [6.45, 7) is 13.2. The Morgan fingerprint density at radius 2 is 1.69 bits per heavy atom. The highest BCUT2D eigenvalue weighted by molar-refractivity contribution is 7.89. The zero-order valence-corrected chi connectivity index (χ0v) is 22.9. The minimum atomic E-state index is -3.48. The van der Waals surface area contributed by atoms with E-state index in [1.165, 1.54) is 0 Å². The standard InChI is InChI=1S/C22H29B3N3O2S.2C2H6/c1-2-19(20-10-6-7-11-21(20)25-24)22(23)26-13-15-28-14-12-17(16-28)27-31(29,30)18-8-4-3-5-9-18;2*1-2/h3-11,17,19,22,26-27H,2,12-16H2,1H3;2*1-2H3. The number of nitrogens with zero attached hydrogens (tertiary/aromatic N) is 1. The Balaban J connectivity index is 0.00000145. The van der Waals surface area contributed by atoms with Crippen LogP contribution in [0.4, 0.5) is 0 Å². The van der Waals surface area contributed by atoms with Gasteiger partial charge in [0, 0.05) is 33.4 Å². The van der Waals surface area contributed by atoms with Gasteiger partial charge in [-0.15, -0.1) is 0 Å². The Labute approximate surface area is 217 Å². The van der Waals surface area contributed by atoms with E-state index in [1.54, 1.807) is 31.4 Å². The van der Waals surface area contributed by atoms with E-state index >= 15 is 0 Å². The molecule has 0 spiro atoms. The molecule has 3 unspecified atom stereocenters. The van der Waals surface area contributed by atoms with E-state index in [-0.39, 0.29) is 17.9 Å². The van der Waals surface area contributed by atoms with Crippen molar-refractivity contribution in [2.24, 2.45) is 0 Å². The average molecular weight is 492 g/mol. The van der Waals surface area contributed by atoms with Gasteiger partial charge in [0.2, 0.25) is 10.0 Å². The fraction of sp³-hybridized carbons (Fsp3) is 0.538. The number of hydrogen-bond donors (Lipinski definition) is 2. The lowest BCUT2D eigenvalue weighted by molar-refractivity contribution is 0.324. The van der Waals surface area contributed by atoms with Crippen LogP contribution in [0, 0.1) is 0 Å². The minimum Gasteiger partial charge on any atom is -0.321 e. The van der Waals surface area contributed by atoms with Crippen molar-refractivity contribution in [1.29, 1.82) is 0 Å². The normalized spacial score (nSPS) is 17.3. The van der Waals surface area contributed by atoms with Gasteiger partial charge >= 0.3 is 0 Å². The smallest absolute Gasteiger partial charge is 0.240 e. The molecule has 187 valence electrons. The Hall–Kier alpha value is -1.54. The van der Waals surface area contributed by atoms with Crippen molar-refractivity contribution >= 4 is 38.2 Å². The molecule has 35 heavy (non-hydrogen) atoms. The summed E-state index contributed by atoms with van der Waals surface area (Å²) in [5, 5.41) is 3.44. The van der Waals surface area contributed by atoms with Gasteiger partial charge in [-0.25, -0.2) is 13.1 Å². The van der Waals surface area contributed by atoms with Gasteiger partial charge in [0.15, 0.2) is 0 Å². The molecule has 1 fully saturated rings. The highest BCUT2D eigenvalue weighted by Gasteiger charge is 2.27. The van der Waals surface area contributed by atoms with Crippen LogP contribution in [-0.4, -0.2) is 74.2 Å². The lowest BCUT2D eigenvalue weighted by Gasteiger charge is -2.28. The molecule has 1 heterocycles. The van der Waals surface area contributed by atoms with Gasteiger partial charge in [-0.3, -0.25) is 0 Å². The lowest BCUT2D eigenvalue weighted by atomic mass is 9.49. The summed E-state index contributed by atoms with van der Waals surface area (Å²) in [6, 6.07) is 16.5. The molecule has 3 atom stereocenters. The van der Waals surface area contributed by atoms with Crippen LogP contribution in [0.5, 0.6) is 0 Å². The predicted molar refractivity (Wildman–Crippen MR) is 152 cm³/mol. The second kappa shape index (κ2) is 17.0. The zero-order valence-electron chi connectivity index (χ0n) is 22.1. The number of nitrogens with one attached hydrogen (secondary N) is 2. The van der Waals surface area contributed by atoms with Gasteiger partial charge in [0.1, 0.15) is 0 Å². The number of likely N-dealkylation sites (tertiary alicyclic amines) is 1. The number of rotatable bonds is 11. The van der Waals surface area contributed by atoms with Crippen molar-refractivity contribution in [2.45, 2.75) is 70.3 Å². The van der Waals surface area contributed by atoms with E-state index in [0.29, 0.717) is 11.4 Å². The molecule has 0 aliphatic carbocycles. The molecule has 3 rings (SSSR count). The first kappa shape index (κ1) is 31.5. The van der Waals surface area contributed by atoms with Crippen LogP contribution >= 0.6 is 0 Å². The SMILES string of the molecule is CC.CC.[B][B]c1ccccc1C(CC)C([B])NCCN1CCC(NS(=O)(=O)c2ccccc2)C1. The van der Waals surface area contributed by atoms with Crippen molar-refractivity contribution in [1.82, 2.24) is 14.9 Å². The summed E-state index contributed by atoms with van der Waals surface area (Å²) >= 11 is 0. The van der Waals surface area contributed by atoms with Crippen LogP contribution in [0.25, 0.3) is 0 Å². The minimum absolute atomic E-state index is 0.0748. The van der Waals surface area contributed by atoms with Crippen LogP contribution in [0.1, 0.15) is 58.9 Å². The van der Waals surface area contributed by atoms with Gasteiger partial charge in [-0.05, 0) is 43.4 Å². The van der Waals surface area contributed by atoms with Gasteiger partial charge in [0.25, 0.3) is 0 Å². The van der Waals surface area contributed by atoms with E-state index in [4.69, 9.17) is 15.6 Å². The van der Waals surface area contributed by atoms with Crippen LogP contribution in [0.3, 0.4) is 0 Å². The molecule has 9 heteroatoms. The molecule has 1 saturated heterocycles. The monoisotopic (exact) mass is 492 g/mol. The van der Waals surface area contributed by atoms with Gasteiger partial charge in [0.05, 0.1) is 19.9 Å². The molecule has 0 saturated carbocycles. The number of benzene rings is 2. The first-order chi connectivity index (χ1) is 16.9. The molecule has 2 aromatic carbocycles. The van der Waals surface area contributed by atoms with Crippen molar-refractivity contribution in [3.63, 3.8) is 0 Å². The maximum atomic E-state index is 12.5. The fourth-order valence-electron chi connectivity index (χ4n) is 4.22. The van der Waals surface area contributed by atoms with Gasteiger partial charge < -0.3 is 10.2 Å². The topological polar surface area (TPSA) is 61.4 Å². The second-order valence-electron chi connectivity index (χ2n) is 8.01. The average Bonchev–Trinajstić information content (AvgIpc) is 3.34. The zero-order chi connectivity index (χ0) is 26.3. The van der Waals surface area contributed by atoms with Crippen LogP contribution in [-0.2, 0) is 10.0 Å². The third-order valence-corrected chi connectivity index (χ3v) is 7.44. The summed E-state index contributed by atoms with van der Waals surface area (Å²) in [5.41, 5.74) is 2.17. The lowest BCUT2D eigenvalue weighted by Crippen LogP contribution is -2.42. The second-order valence-corrected chi connectivity index (χ2v) is 9.72. The third-order valence-electron chi connectivity index (χ3n) is 5.90. The van der Waals surface area contributed by atoms with Crippen molar-refractivity contribution in [2.75, 3.05) is 26.2 Å². The molecule has 2 N–H and O–H groups in total. The molecular weight excluding hydrogens is 451 g/mol. The van der Waals surface area contributed by atoms with Crippen molar-refractivity contribution in [3.05, 3.63) is 60.2 Å². The molecule has 1 aliphatic rings. The first-order valence-electron chi connectivity index (χ1n) is 12.9. The van der Waals surface area contributed by atoms with Crippen LogP contribution in [0.2, 0.25) is 0 Å². The summed E-state index contributed by atoms with van der Waals surface area (Å²) < 4.78 is 27.9. The number of sulfonamides is 1. The molecule has 5 nitrogen and oxygen atoms in total. The van der Waals surface area contributed by atoms with Gasteiger partial charge in [-0.1, -0.05) is 88.1 Å². The summed E-state index contributed by atoms with van der Waals surface area (Å²) in [7, 11) is 10.4. The predicted octanol–water partition coefficient (Wildman–Crippen LogP) is 2.78. The molecular formula is C26H41B3N3O2S. The highest BCUT2D eigenvalue weighted by atomic mass is 32.2. The Morgan fingerprint density at radius 3 is 2.31 bits per heavy atom. The Kier molecular flexibility index (Phi) is 15.3. The fourth-order valence-corrected chi connectivity index (χ4v) is 5.50. The number of hydrogen-bond acceptors (Lipinski definition) is 4. The summed E-state index contributed by atoms with van der Waals surface area (Å²) in [4.78, 5) is 2.57. The largest absolute Gasteiger partial charge is 0.321 e. The van der Waals surface area contributed by atoms with Crippen LogP contribution < -0.4 is 15.5 Å². The van der Waals surface area contributed by atoms with Crippen LogP contribution in [0.15, 0.2) is 59.5 Å². The molecule has 2 aromatic rings. The Bertz CT molecular complexity index is 932. The molecule has 1 aliphatic heterocycles. The summed E-state index contributed by atoms with van der Waals surface area (Å²) in [6.07, 6.45) is 1.71. The molecule has 5 radical (unpaired) electrons. The quantitative estimate of drug-likeness (QED) is 0.474. The third kappa shape index (κ3) is 9.79. The molecule has 0 bridgehead atoms. The van der Waals surface area contributed by atoms with E-state index in [2.05, 4.69) is 27.9 Å². The molecule has 0 amide bonds. The van der Waals surface area contributed by atoms with E-state index in [9.17, 15) is 8.42 Å². The molecule has 0 aromatic heterocycles. The first-order valence-corrected chi connectivity index (χ1v) is 14.4. The van der Waals surface area contributed by atoms with Crippen molar-refractivity contribution in [3.8, 4) is 0 Å². The van der Waals surface area contributed by atoms with E-state index in [1.807, 2.05) is 52.0 Å². The van der Waals surface area contributed by atoms with E-state index < -0.39 is 10.0 Å².